The van der Waals surface area contributed by atoms with Gasteiger partial charge in [0, 0.05) is 22.8 Å². The smallest absolute Gasteiger partial charge is 0.0997 e. The molecule has 0 saturated carbocycles. The third-order valence-corrected chi connectivity index (χ3v) is 4.47. The third-order valence-electron chi connectivity index (χ3n) is 4.11. The molecule has 0 radical (unpaired) electrons. The van der Waals surface area contributed by atoms with E-state index in [1.54, 1.807) is 0 Å². The van der Waals surface area contributed by atoms with Gasteiger partial charge in [-0.05, 0) is 50.8 Å². The molecule has 112 valence electrons. The fourth-order valence-electron chi connectivity index (χ4n) is 3.01. The number of nitrogens with one attached hydrogen (secondary N) is 1. The monoisotopic (exact) mass is 303 g/mol. The minimum absolute atomic E-state index is 0.801. The molecule has 0 fully saturated rings. The van der Waals surface area contributed by atoms with Gasteiger partial charge in [-0.25, -0.2) is 4.98 Å². The molecule has 0 bridgehead atoms. The molecule has 21 heavy (non-hydrogen) atoms. The molecule has 0 amide bonds. The Hall–Kier alpha value is -1.32. The van der Waals surface area contributed by atoms with Crippen LogP contribution in [0.4, 0.5) is 0 Å². The standard InChI is InChI=1S/C17H22ClN3/c1-2-10-19-11-13-14(18)6-5-9-16(13)21-12-20-15-7-3-4-8-17(15)21/h5-6,9,12,19H,2-4,7-8,10-11H2,1H3. The van der Waals surface area contributed by atoms with Crippen molar-refractivity contribution in [1.29, 1.82) is 0 Å². The molecule has 0 aliphatic heterocycles. The fraction of sp³-hybridized carbons (Fsp3) is 0.471. The number of halogens is 1. The summed E-state index contributed by atoms with van der Waals surface area (Å²) in [7, 11) is 0. The molecule has 1 heterocycles. The summed E-state index contributed by atoms with van der Waals surface area (Å²) >= 11 is 6.43. The summed E-state index contributed by atoms with van der Waals surface area (Å²) in [6, 6.07) is 6.14. The van der Waals surface area contributed by atoms with Gasteiger partial charge >= 0.3 is 0 Å². The first-order chi connectivity index (χ1) is 10.3. The molecule has 3 rings (SSSR count). The minimum atomic E-state index is 0.801. The number of nitrogens with zero attached hydrogens (tertiary/aromatic N) is 2. The molecule has 1 aromatic heterocycles. The van der Waals surface area contributed by atoms with Gasteiger partial charge in [-0.15, -0.1) is 0 Å². The van der Waals surface area contributed by atoms with E-state index < -0.39 is 0 Å². The topological polar surface area (TPSA) is 29.9 Å². The molecule has 0 atom stereocenters. The minimum Gasteiger partial charge on any atom is -0.313 e. The molecule has 2 aromatic rings. The summed E-state index contributed by atoms with van der Waals surface area (Å²) in [6.07, 6.45) is 7.81. The second kappa shape index (κ2) is 6.63. The zero-order chi connectivity index (χ0) is 14.7. The van der Waals surface area contributed by atoms with Crippen molar-refractivity contribution in [3.05, 3.63) is 46.5 Å². The average molecular weight is 304 g/mol. The summed E-state index contributed by atoms with van der Waals surface area (Å²) in [5.74, 6) is 0. The molecule has 1 aliphatic rings. The number of hydrogen-bond donors (Lipinski definition) is 1. The lowest BCUT2D eigenvalue weighted by Crippen LogP contribution is -2.16. The molecule has 3 nitrogen and oxygen atoms in total. The van der Waals surface area contributed by atoms with Gasteiger partial charge < -0.3 is 9.88 Å². The van der Waals surface area contributed by atoms with Crippen molar-refractivity contribution in [2.75, 3.05) is 6.54 Å². The quantitative estimate of drug-likeness (QED) is 0.849. The number of hydrogen-bond acceptors (Lipinski definition) is 2. The number of imidazole rings is 1. The Morgan fingerprint density at radius 3 is 3.00 bits per heavy atom. The molecule has 4 heteroatoms. The van der Waals surface area contributed by atoms with Gasteiger partial charge in [-0.3, -0.25) is 0 Å². The first kappa shape index (κ1) is 14.6. The Labute approximate surface area is 131 Å². The van der Waals surface area contributed by atoms with Gasteiger partial charge in [-0.1, -0.05) is 24.6 Å². The Morgan fingerprint density at radius 2 is 2.14 bits per heavy atom. The van der Waals surface area contributed by atoms with Crippen LogP contribution in [0.3, 0.4) is 0 Å². The maximum atomic E-state index is 6.43. The first-order valence-electron chi connectivity index (χ1n) is 7.85. The number of fused-ring (bicyclic) bond motifs is 1. The van der Waals surface area contributed by atoms with Gasteiger partial charge in [0.05, 0.1) is 17.7 Å². The van der Waals surface area contributed by atoms with E-state index in [2.05, 4.69) is 27.9 Å². The third kappa shape index (κ3) is 2.99. The van der Waals surface area contributed by atoms with Crippen LogP contribution >= 0.6 is 11.6 Å². The normalized spacial score (nSPS) is 14.2. The zero-order valence-corrected chi connectivity index (χ0v) is 13.3. The van der Waals surface area contributed by atoms with E-state index in [4.69, 9.17) is 11.6 Å². The summed E-state index contributed by atoms with van der Waals surface area (Å²) in [6.45, 7) is 3.98. The lowest BCUT2D eigenvalue weighted by molar-refractivity contribution is 0.650. The van der Waals surface area contributed by atoms with E-state index in [1.165, 1.54) is 35.5 Å². The van der Waals surface area contributed by atoms with Crippen LogP contribution in [0, 0.1) is 0 Å². The van der Waals surface area contributed by atoms with Crippen molar-refractivity contribution in [1.82, 2.24) is 14.9 Å². The number of benzene rings is 1. The van der Waals surface area contributed by atoms with Gasteiger partial charge in [0.15, 0.2) is 0 Å². The maximum Gasteiger partial charge on any atom is 0.0997 e. The van der Waals surface area contributed by atoms with Gasteiger partial charge in [0.1, 0.15) is 0 Å². The Morgan fingerprint density at radius 1 is 1.29 bits per heavy atom. The summed E-state index contributed by atoms with van der Waals surface area (Å²) in [5, 5.41) is 4.28. The summed E-state index contributed by atoms with van der Waals surface area (Å²) < 4.78 is 2.24. The second-order valence-electron chi connectivity index (χ2n) is 5.63. The van der Waals surface area contributed by atoms with Crippen molar-refractivity contribution in [3.8, 4) is 5.69 Å². The van der Waals surface area contributed by atoms with Crippen molar-refractivity contribution in [2.45, 2.75) is 45.6 Å². The van der Waals surface area contributed by atoms with Crippen LogP contribution in [-0.2, 0) is 19.4 Å². The van der Waals surface area contributed by atoms with Crippen LogP contribution in [0.5, 0.6) is 0 Å². The van der Waals surface area contributed by atoms with E-state index in [0.29, 0.717) is 0 Å². The lowest BCUT2D eigenvalue weighted by Gasteiger charge is -2.18. The molecule has 0 unspecified atom stereocenters. The fourth-order valence-corrected chi connectivity index (χ4v) is 3.25. The predicted molar refractivity (Wildman–Crippen MR) is 87.2 cm³/mol. The van der Waals surface area contributed by atoms with Crippen molar-refractivity contribution in [2.24, 2.45) is 0 Å². The van der Waals surface area contributed by atoms with Crippen LogP contribution < -0.4 is 5.32 Å². The van der Waals surface area contributed by atoms with Gasteiger partial charge in [0.25, 0.3) is 0 Å². The Kier molecular flexibility index (Phi) is 4.61. The molecule has 0 spiro atoms. The van der Waals surface area contributed by atoms with Crippen LogP contribution in [0.25, 0.3) is 5.69 Å². The first-order valence-corrected chi connectivity index (χ1v) is 8.22. The van der Waals surface area contributed by atoms with Crippen LogP contribution in [0.1, 0.15) is 43.1 Å². The number of aromatic nitrogens is 2. The molecular formula is C17H22ClN3. The SMILES string of the molecule is CCCNCc1c(Cl)cccc1-n1cnc2c1CCCC2. The van der Waals surface area contributed by atoms with Gasteiger partial charge in [-0.2, -0.15) is 0 Å². The molecule has 0 saturated heterocycles. The summed E-state index contributed by atoms with van der Waals surface area (Å²) in [4.78, 5) is 4.60. The molecule has 1 N–H and O–H groups in total. The van der Waals surface area contributed by atoms with Crippen molar-refractivity contribution in [3.63, 3.8) is 0 Å². The maximum absolute atomic E-state index is 6.43. The largest absolute Gasteiger partial charge is 0.313 e. The van der Waals surface area contributed by atoms with Crippen LogP contribution in [0.2, 0.25) is 5.02 Å². The Balaban J connectivity index is 1.98. The van der Waals surface area contributed by atoms with Crippen LogP contribution in [0.15, 0.2) is 24.5 Å². The average Bonchev–Trinajstić information content (AvgIpc) is 2.93. The van der Waals surface area contributed by atoms with Crippen molar-refractivity contribution < 1.29 is 0 Å². The van der Waals surface area contributed by atoms with Gasteiger partial charge in [0.2, 0.25) is 0 Å². The molecular weight excluding hydrogens is 282 g/mol. The molecule has 1 aliphatic carbocycles. The van der Waals surface area contributed by atoms with E-state index in [0.717, 1.165) is 37.4 Å². The predicted octanol–water partition coefficient (Wildman–Crippen LogP) is 3.90. The van der Waals surface area contributed by atoms with Crippen molar-refractivity contribution >= 4 is 11.6 Å². The highest BCUT2D eigenvalue weighted by atomic mass is 35.5. The highest BCUT2D eigenvalue weighted by Gasteiger charge is 2.18. The van der Waals surface area contributed by atoms with E-state index in [1.807, 2.05) is 18.5 Å². The second-order valence-corrected chi connectivity index (χ2v) is 6.04. The van der Waals surface area contributed by atoms with Crippen LogP contribution in [-0.4, -0.2) is 16.1 Å². The molecule has 1 aromatic carbocycles. The van der Waals surface area contributed by atoms with E-state index in [-0.39, 0.29) is 0 Å². The number of rotatable bonds is 5. The highest BCUT2D eigenvalue weighted by Crippen LogP contribution is 2.28. The zero-order valence-electron chi connectivity index (χ0n) is 12.5. The van der Waals surface area contributed by atoms with E-state index in [9.17, 15) is 0 Å². The Bertz CT molecular complexity index is 618. The summed E-state index contributed by atoms with van der Waals surface area (Å²) in [5.41, 5.74) is 4.95. The lowest BCUT2D eigenvalue weighted by atomic mass is 10.0. The highest BCUT2D eigenvalue weighted by molar-refractivity contribution is 6.31. The number of aryl methyl sites for hydroxylation is 1. The van der Waals surface area contributed by atoms with E-state index >= 15 is 0 Å².